The molecule has 1 amide bonds. The van der Waals surface area contributed by atoms with Crippen molar-refractivity contribution in [3.8, 4) is 0 Å². The lowest BCUT2D eigenvalue weighted by Crippen LogP contribution is -2.06. The monoisotopic (exact) mass is 193 g/mol. The molecule has 74 valence electrons. The number of para-hydroxylation sites is 1. The molecule has 0 atom stereocenters. The Balaban J connectivity index is 0.000000500. The van der Waals surface area contributed by atoms with Crippen LogP contribution in [0.1, 0.15) is 0 Å². The van der Waals surface area contributed by atoms with E-state index in [1.54, 1.807) is 0 Å². The van der Waals surface area contributed by atoms with Crippen LogP contribution in [0, 0.1) is 0 Å². The summed E-state index contributed by atoms with van der Waals surface area (Å²) in [6.45, 7) is 3.34. The summed E-state index contributed by atoms with van der Waals surface area (Å²) < 4.78 is 0. The Morgan fingerprint density at radius 2 is 1.86 bits per heavy atom. The van der Waals surface area contributed by atoms with Gasteiger partial charge in [0.1, 0.15) is 0 Å². The standard InChI is InChI=1S/C9H9NO.BH3O2/c1-2-9(11)10-8-6-4-3-5-7-8;2-1-3/h2-7H,1H2,(H,10,11);1-3H. The molecule has 0 saturated carbocycles. The van der Waals surface area contributed by atoms with E-state index in [1.807, 2.05) is 30.3 Å². The van der Waals surface area contributed by atoms with Crippen LogP contribution in [-0.4, -0.2) is 23.6 Å². The second kappa shape index (κ2) is 8.03. The van der Waals surface area contributed by atoms with Crippen LogP contribution in [0.15, 0.2) is 43.0 Å². The van der Waals surface area contributed by atoms with E-state index in [9.17, 15) is 4.79 Å². The summed E-state index contributed by atoms with van der Waals surface area (Å²) in [6, 6.07) is 9.25. The third-order valence-electron chi connectivity index (χ3n) is 1.23. The molecule has 0 aliphatic carbocycles. The highest BCUT2D eigenvalue weighted by Crippen LogP contribution is 2.03. The van der Waals surface area contributed by atoms with Crippen LogP contribution < -0.4 is 5.32 Å². The van der Waals surface area contributed by atoms with Gasteiger partial charge in [0, 0.05) is 5.69 Å². The van der Waals surface area contributed by atoms with Gasteiger partial charge in [-0.1, -0.05) is 24.8 Å². The first-order chi connectivity index (χ1) is 6.74. The van der Waals surface area contributed by atoms with Gasteiger partial charge in [-0.3, -0.25) is 4.79 Å². The second-order valence-electron chi connectivity index (χ2n) is 2.20. The molecule has 1 aromatic carbocycles. The third-order valence-corrected chi connectivity index (χ3v) is 1.23. The first-order valence-corrected chi connectivity index (χ1v) is 3.94. The molecule has 0 unspecified atom stereocenters. The topological polar surface area (TPSA) is 69.6 Å². The average molecular weight is 193 g/mol. The molecular weight excluding hydrogens is 181 g/mol. The maximum absolute atomic E-state index is 10.8. The molecule has 0 aromatic heterocycles. The van der Waals surface area contributed by atoms with E-state index >= 15 is 0 Å². The van der Waals surface area contributed by atoms with E-state index in [0.717, 1.165) is 5.69 Å². The molecule has 0 aliphatic heterocycles. The number of nitrogens with one attached hydrogen (secondary N) is 1. The fourth-order valence-corrected chi connectivity index (χ4v) is 0.715. The first kappa shape index (κ1) is 12.4. The minimum absolute atomic E-state index is 0.184. The molecule has 0 fully saturated rings. The number of hydrogen-bond acceptors (Lipinski definition) is 3. The van der Waals surface area contributed by atoms with Crippen molar-refractivity contribution in [3.63, 3.8) is 0 Å². The SMILES string of the molecule is C=CC(=O)Nc1ccccc1.OBO. The highest BCUT2D eigenvalue weighted by molar-refractivity contribution is 6.13. The minimum Gasteiger partial charge on any atom is -0.430 e. The van der Waals surface area contributed by atoms with Gasteiger partial charge in [-0.05, 0) is 18.2 Å². The molecule has 5 heteroatoms. The number of benzene rings is 1. The minimum atomic E-state index is -0.750. The summed E-state index contributed by atoms with van der Waals surface area (Å²) in [5, 5.41) is 16.9. The zero-order valence-electron chi connectivity index (χ0n) is 7.68. The molecule has 0 spiro atoms. The summed E-state index contributed by atoms with van der Waals surface area (Å²) in [4.78, 5) is 10.8. The highest BCUT2D eigenvalue weighted by Gasteiger charge is 1.92. The van der Waals surface area contributed by atoms with Gasteiger partial charge in [-0.2, -0.15) is 0 Å². The van der Waals surface area contributed by atoms with Gasteiger partial charge >= 0.3 is 7.69 Å². The predicted octanol–water partition coefficient (Wildman–Crippen LogP) is 0.0486. The van der Waals surface area contributed by atoms with E-state index in [2.05, 4.69) is 11.9 Å². The van der Waals surface area contributed by atoms with Gasteiger partial charge < -0.3 is 15.4 Å². The third kappa shape index (κ3) is 5.99. The van der Waals surface area contributed by atoms with Gasteiger partial charge in [0.2, 0.25) is 5.91 Å². The predicted molar refractivity (Wildman–Crippen MR) is 56.9 cm³/mol. The Morgan fingerprint density at radius 3 is 2.29 bits per heavy atom. The number of carbonyl (C=O) groups excluding carboxylic acids is 1. The van der Waals surface area contributed by atoms with Crippen LogP contribution in [0.4, 0.5) is 5.69 Å². The Labute approximate surface area is 83.2 Å². The fourth-order valence-electron chi connectivity index (χ4n) is 0.715. The number of carbonyl (C=O) groups is 1. The largest absolute Gasteiger partial charge is 0.432 e. The van der Waals surface area contributed by atoms with E-state index in [4.69, 9.17) is 10.0 Å². The van der Waals surface area contributed by atoms with Crippen molar-refractivity contribution < 1.29 is 14.8 Å². The average Bonchev–Trinajstić information content (AvgIpc) is 2.20. The van der Waals surface area contributed by atoms with E-state index < -0.39 is 7.69 Å². The van der Waals surface area contributed by atoms with Gasteiger partial charge in [-0.15, -0.1) is 0 Å². The zero-order chi connectivity index (χ0) is 10.8. The van der Waals surface area contributed by atoms with Crippen LogP contribution in [0.2, 0.25) is 0 Å². The Morgan fingerprint density at radius 1 is 1.36 bits per heavy atom. The van der Waals surface area contributed by atoms with Crippen molar-refractivity contribution in [1.29, 1.82) is 0 Å². The van der Waals surface area contributed by atoms with E-state index in [-0.39, 0.29) is 5.91 Å². The molecule has 1 rings (SSSR count). The maximum Gasteiger partial charge on any atom is 0.432 e. The normalized spacial score (nSPS) is 7.86. The van der Waals surface area contributed by atoms with Gasteiger partial charge in [0.15, 0.2) is 0 Å². The highest BCUT2D eigenvalue weighted by atomic mass is 16.4. The van der Waals surface area contributed by atoms with Crippen molar-refractivity contribution in [2.75, 3.05) is 5.32 Å². The summed E-state index contributed by atoms with van der Waals surface area (Å²) in [5.41, 5.74) is 0.789. The molecule has 14 heavy (non-hydrogen) atoms. The van der Waals surface area contributed by atoms with Gasteiger partial charge in [0.05, 0.1) is 0 Å². The molecule has 0 bridgehead atoms. The lowest BCUT2D eigenvalue weighted by molar-refractivity contribution is -0.111. The quantitative estimate of drug-likeness (QED) is 0.459. The molecule has 3 N–H and O–H groups in total. The van der Waals surface area contributed by atoms with Crippen LogP contribution in [0.3, 0.4) is 0 Å². The molecule has 4 nitrogen and oxygen atoms in total. The fraction of sp³-hybridized carbons (Fsp3) is 0. The number of amides is 1. The van der Waals surface area contributed by atoms with Crippen LogP contribution >= 0.6 is 0 Å². The molecule has 0 heterocycles. The zero-order valence-corrected chi connectivity index (χ0v) is 7.68. The summed E-state index contributed by atoms with van der Waals surface area (Å²) in [6.07, 6.45) is 1.24. The van der Waals surface area contributed by atoms with E-state index in [1.165, 1.54) is 6.08 Å². The number of anilines is 1. The van der Waals surface area contributed by atoms with E-state index in [0.29, 0.717) is 0 Å². The Bertz CT molecular complexity index is 277. The van der Waals surface area contributed by atoms with Crippen molar-refractivity contribution in [2.24, 2.45) is 0 Å². The summed E-state index contributed by atoms with van der Waals surface area (Å²) in [7, 11) is -0.750. The molecule has 0 radical (unpaired) electrons. The Kier molecular flexibility index (Phi) is 7.12. The Hall–Kier alpha value is -1.59. The van der Waals surface area contributed by atoms with Crippen molar-refractivity contribution >= 4 is 19.3 Å². The molecular formula is C9H12BNO3. The smallest absolute Gasteiger partial charge is 0.430 e. The van der Waals surface area contributed by atoms with Crippen LogP contribution in [-0.2, 0) is 4.79 Å². The maximum atomic E-state index is 10.8. The lowest BCUT2D eigenvalue weighted by Gasteiger charge is -1.98. The van der Waals surface area contributed by atoms with Gasteiger partial charge in [-0.25, -0.2) is 0 Å². The second-order valence-corrected chi connectivity index (χ2v) is 2.20. The summed E-state index contributed by atoms with van der Waals surface area (Å²) in [5.74, 6) is -0.184. The summed E-state index contributed by atoms with van der Waals surface area (Å²) >= 11 is 0. The van der Waals surface area contributed by atoms with Crippen LogP contribution in [0.5, 0.6) is 0 Å². The van der Waals surface area contributed by atoms with Crippen molar-refractivity contribution in [3.05, 3.63) is 43.0 Å². The molecule has 1 aromatic rings. The van der Waals surface area contributed by atoms with Crippen molar-refractivity contribution in [1.82, 2.24) is 0 Å². The number of hydrogen-bond donors (Lipinski definition) is 3. The van der Waals surface area contributed by atoms with Crippen LogP contribution in [0.25, 0.3) is 0 Å². The molecule has 0 aliphatic rings. The lowest BCUT2D eigenvalue weighted by atomic mass is 10.3. The van der Waals surface area contributed by atoms with Gasteiger partial charge in [0.25, 0.3) is 0 Å². The molecule has 0 saturated heterocycles. The number of rotatable bonds is 2. The first-order valence-electron chi connectivity index (χ1n) is 3.94. The van der Waals surface area contributed by atoms with Crippen molar-refractivity contribution in [2.45, 2.75) is 0 Å².